The van der Waals surface area contributed by atoms with Crippen molar-refractivity contribution >= 4 is 23.1 Å². The Morgan fingerprint density at radius 3 is 2.44 bits per heavy atom. The first-order valence-electron chi connectivity index (χ1n) is 5.66. The molecule has 0 aromatic heterocycles. The molecule has 0 bridgehead atoms. The van der Waals surface area contributed by atoms with Crippen molar-refractivity contribution < 1.29 is 9.18 Å². The lowest BCUT2D eigenvalue weighted by Crippen LogP contribution is -2.45. The van der Waals surface area contributed by atoms with Crippen LogP contribution in [0.1, 0.15) is 19.4 Å². The number of thiocarbonyl (C=S) groups is 1. The fourth-order valence-electron chi connectivity index (χ4n) is 1.30. The smallest absolute Gasteiger partial charge is 0.232 e. The standard InChI is InChI=1S/C13H17FN2OS/c1-13(2,11(15)18)12(17)16-8-7-9-3-5-10(14)6-4-9/h3-6H,7-8H2,1-2H3,(H2,15,18)(H,16,17). The number of hydrogen-bond acceptors (Lipinski definition) is 2. The molecule has 0 saturated heterocycles. The van der Waals surface area contributed by atoms with E-state index in [1.807, 2.05) is 0 Å². The van der Waals surface area contributed by atoms with E-state index < -0.39 is 5.41 Å². The van der Waals surface area contributed by atoms with Gasteiger partial charge >= 0.3 is 0 Å². The summed E-state index contributed by atoms with van der Waals surface area (Å²) in [5, 5.41) is 2.77. The summed E-state index contributed by atoms with van der Waals surface area (Å²) in [4.78, 5) is 12.0. The summed E-state index contributed by atoms with van der Waals surface area (Å²) in [5.74, 6) is -0.463. The summed E-state index contributed by atoms with van der Waals surface area (Å²) in [5.41, 5.74) is 5.61. The normalized spacial score (nSPS) is 11.1. The second-order valence-electron chi connectivity index (χ2n) is 4.62. The van der Waals surface area contributed by atoms with Gasteiger partial charge in [0.25, 0.3) is 0 Å². The van der Waals surface area contributed by atoms with Crippen molar-refractivity contribution in [2.24, 2.45) is 11.1 Å². The van der Waals surface area contributed by atoms with Crippen molar-refractivity contribution in [2.45, 2.75) is 20.3 Å². The molecule has 3 N–H and O–H groups in total. The molecule has 0 heterocycles. The van der Waals surface area contributed by atoms with E-state index in [1.165, 1.54) is 12.1 Å². The van der Waals surface area contributed by atoms with Gasteiger partial charge in [-0.1, -0.05) is 24.4 Å². The first-order valence-corrected chi connectivity index (χ1v) is 6.07. The van der Waals surface area contributed by atoms with Gasteiger partial charge in [0, 0.05) is 6.54 Å². The molecular weight excluding hydrogens is 251 g/mol. The fourth-order valence-corrected chi connectivity index (χ4v) is 1.40. The van der Waals surface area contributed by atoms with Gasteiger partial charge in [-0.05, 0) is 38.0 Å². The summed E-state index contributed by atoms with van der Waals surface area (Å²) in [6.07, 6.45) is 0.638. The molecule has 3 nitrogen and oxygen atoms in total. The molecule has 0 atom stereocenters. The van der Waals surface area contributed by atoms with Crippen LogP contribution in [0.25, 0.3) is 0 Å². The van der Waals surface area contributed by atoms with Gasteiger partial charge in [-0.2, -0.15) is 0 Å². The van der Waals surface area contributed by atoms with Crippen LogP contribution in [0.3, 0.4) is 0 Å². The third kappa shape index (κ3) is 3.77. The Labute approximate surface area is 112 Å². The number of amides is 1. The van der Waals surface area contributed by atoms with Crippen molar-refractivity contribution in [1.82, 2.24) is 5.32 Å². The number of nitrogens with two attached hydrogens (primary N) is 1. The highest BCUT2D eigenvalue weighted by Gasteiger charge is 2.30. The maximum atomic E-state index is 12.7. The highest BCUT2D eigenvalue weighted by atomic mass is 32.1. The van der Waals surface area contributed by atoms with E-state index >= 15 is 0 Å². The van der Waals surface area contributed by atoms with Crippen molar-refractivity contribution in [3.05, 3.63) is 35.6 Å². The van der Waals surface area contributed by atoms with Gasteiger partial charge in [-0.15, -0.1) is 0 Å². The summed E-state index contributed by atoms with van der Waals surface area (Å²) in [7, 11) is 0. The number of nitrogens with one attached hydrogen (secondary N) is 1. The van der Waals surface area contributed by atoms with Gasteiger partial charge in [0.15, 0.2) is 0 Å². The first-order chi connectivity index (χ1) is 8.34. The molecule has 0 radical (unpaired) electrons. The molecular formula is C13H17FN2OS. The van der Waals surface area contributed by atoms with Crippen LogP contribution in [-0.2, 0) is 11.2 Å². The summed E-state index contributed by atoms with van der Waals surface area (Å²) in [6.45, 7) is 3.83. The van der Waals surface area contributed by atoms with E-state index in [2.05, 4.69) is 5.32 Å². The molecule has 0 saturated carbocycles. The first kappa shape index (κ1) is 14.6. The third-order valence-electron chi connectivity index (χ3n) is 2.80. The third-order valence-corrected chi connectivity index (χ3v) is 3.31. The maximum Gasteiger partial charge on any atom is 0.232 e. The van der Waals surface area contributed by atoms with Crippen LogP contribution in [0.2, 0.25) is 0 Å². The second-order valence-corrected chi connectivity index (χ2v) is 5.06. The molecule has 0 spiro atoms. The highest BCUT2D eigenvalue weighted by Crippen LogP contribution is 2.15. The van der Waals surface area contributed by atoms with Crippen molar-refractivity contribution in [3.8, 4) is 0 Å². The molecule has 1 aromatic rings. The quantitative estimate of drug-likeness (QED) is 0.801. The molecule has 1 amide bonds. The molecule has 5 heteroatoms. The van der Waals surface area contributed by atoms with Gasteiger partial charge in [0.05, 0.1) is 10.4 Å². The van der Waals surface area contributed by atoms with E-state index in [0.29, 0.717) is 13.0 Å². The van der Waals surface area contributed by atoms with E-state index in [1.54, 1.807) is 26.0 Å². The predicted molar refractivity (Wildman–Crippen MR) is 73.7 cm³/mol. The lowest BCUT2D eigenvalue weighted by Gasteiger charge is -2.21. The van der Waals surface area contributed by atoms with Crippen LogP contribution < -0.4 is 11.1 Å². The number of carbonyl (C=O) groups excluding carboxylic acids is 1. The zero-order valence-electron chi connectivity index (χ0n) is 10.5. The molecule has 98 valence electrons. The second kappa shape index (κ2) is 5.91. The van der Waals surface area contributed by atoms with E-state index in [4.69, 9.17) is 18.0 Å². The van der Waals surface area contributed by atoms with Crippen LogP contribution in [0.4, 0.5) is 4.39 Å². The molecule has 1 aromatic carbocycles. The Balaban J connectivity index is 2.45. The zero-order chi connectivity index (χ0) is 13.8. The van der Waals surface area contributed by atoms with Crippen LogP contribution in [0.5, 0.6) is 0 Å². The lowest BCUT2D eigenvalue weighted by molar-refractivity contribution is -0.126. The lowest BCUT2D eigenvalue weighted by atomic mass is 9.92. The minimum absolute atomic E-state index is 0.168. The average Bonchev–Trinajstić information content (AvgIpc) is 2.31. The summed E-state index contributed by atoms with van der Waals surface area (Å²) in [6, 6.07) is 6.19. The SMILES string of the molecule is CC(C)(C(=O)NCCc1ccc(F)cc1)C(N)=S. The zero-order valence-corrected chi connectivity index (χ0v) is 11.3. The van der Waals surface area contributed by atoms with Gasteiger partial charge in [0.2, 0.25) is 5.91 Å². The number of carbonyl (C=O) groups is 1. The van der Waals surface area contributed by atoms with Crippen LogP contribution in [-0.4, -0.2) is 17.4 Å². The van der Waals surface area contributed by atoms with E-state index in [-0.39, 0.29) is 16.7 Å². The number of hydrogen-bond donors (Lipinski definition) is 2. The van der Waals surface area contributed by atoms with Crippen LogP contribution in [0, 0.1) is 11.2 Å². The minimum atomic E-state index is -0.849. The Morgan fingerprint density at radius 2 is 1.94 bits per heavy atom. The topological polar surface area (TPSA) is 55.1 Å². The van der Waals surface area contributed by atoms with Crippen molar-refractivity contribution in [3.63, 3.8) is 0 Å². The van der Waals surface area contributed by atoms with E-state index in [0.717, 1.165) is 5.56 Å². The van der Waals surface area contributed by atoms with Gasteiger partial charge < -0.3 is 11.1 Å². The molecule has 1 rings (SSSR count). The number of halogens is 1. The predicted octanol–water partition coefficient (Wildman–Crippen LogP) is 1.80. The highest BCUT2D eigenvalue weighted by molar-refractivity contribution is 7.80. The number of benzene rings is 1. The molecule has 0 aliphatic carbocycles. The van der Waals surface area contributed by atoms with Gasteiger partial charge in [0.1, 0.15) is 5.82 Å². The average molecular weight is 268 g/mol. The molecule has 0 fully saturated rings. The summed E-state index contributed by atoms with van der Waals surface area (Å²) >= 11 is 4.84. The molecule has 0 unspecified atom stereocenters. The van der Waals surface area contributed by atoms with Gasteiger partial charge in [-0.25, -0.2) is 4.39 Å². The number of rotatable bonds is 5. The summed E-state index contributed by atoms with van der Waals surface area (Å²) < 4.78 is 12.7. The van der Waals surface area contributed by atoms with Gasteiger partial charge in [-0.3, -0.25) is 4.79 Å². The van der Waals surface area contributed by atoms with Crippen molar-refractivity contribution in [1.29, 1.82) is 0 Å². The monoisotopic (exact) mass is 268 g/mol. The molecule has 0 aliphatic heterocycles. The van der Waals surface area contributed by atoms with Crippen LogP contribution in [0.15, 0.2) is 24.3 Å². The Bertz CT molecular complexity index is 443. The van der Waals surface area contributed by atoms with E-state index in [9.17, 15) is 9.18 Å². The van der Waals surface area contributed by atoms with Crippen LogP contribution >= 0.6 is 12.2 Å². The Morgan fingerprint density at radius 1 is 1.39 bits per heavy atom. The largest absolute Gasteiger partial charge is 0.392 e. The molecule has 18 heavy (non-hydrogen) atoms. The minimum Gasteiger partial charge on any atom is -0.392 e. The fraction of sp³-hybridized carbons (Fsp3) is 0.385. The maximum absolute atomic E-state index is 12.7. The van der Waals surface area contributed by atoms with Crippen molar-refractivity contribution in [2.75, 3.05) is 6.54 Å². The molecule has 0 aliphatic rings. The Hall–Kier alpha value is -1.49. The Kier molecular flexibility index (Phi) is 4.78.